The molecule has 0 bridgehead atoms. The van der Waals surface area contributed by atoms with Crippen LogP contribution in [0.2, 0.25) is 0 Å². The molecule has 104 valence electrons. The van der Waals surface area contributed by atoms with Gasteiger partial charge in [-0.1, -0.05) is 12.1 Å². The van der Waals surface area contributed by atoms with Gasteiger partial charge in [-0.3, -0.25) is 15.0 Å². The first-order chi connectivity index (χ1) is 9.65. The van der Waals surface area contributed by atoms with Crippen molar-refractivity contribution in [1.82, 2.24) is 9.47 Å². The van der Waals surface area contributed by atoms with Gasteiger partial charge in [0.05, 0.1) is 4.92 Å². The second-order valence-electron chi connectivity index (χ2n) is 5.20. The monoisotopic (exact) mass is 271 g/mol. The zero-order chi connectivity index (χ0) is 14.1. The molecule has 0 saturated heterocycles. The summed E-state index contributed by atoms with van der Waals surface area (Å²) in [5.41, 5.74) is 2.59. The Morgan fingerprint density at radius 3 is 2.70 bits per heavy atom. The van der Waals surface area contributed by atoms with Crippen LogP contribution in [-0.2, 0) is 13.1 Å². The molecule has 0 amide bonds. The first-order valence-corrected chi connectivity index (χ1v) is 6.77. The summed E-state index contributed by atoms with van der Waals surface area (Å²) in [6, 6.07) is 11.5. The number of nitro benzene ring substituents is 1. The molecule has 0 aliphatic carbocycles. The van der Waals surface area contributed by atoms with Gasteiger partial charge in [0.2, 0.25) is 0 Å². The predicted molar refractivity (Wildman–Crippen MR) is 76.4 cm³/mol. The van der Waals surface area contributed by atoms with Crippen LogP contribution in [0.4, 0.5) is 5.69 Å². The third kappa shape index (κ3) is 2.32. The van der Waals surface area contributed by atoms with Gasteiger partial charge < -0.3 is 4.57 Å². The van der Waals surface area contributed by atoms with Gasteiger partial charge in [0.25, 0.3) is 5.69 Å². The Morgan fingerprint density at radius 1 is 1.25 bits per heavy atom. The second-order valence-corrected chi connectivity index (χ2v) is 5.20. The molecule has 1 aliphatic heterocycles. The van der Waals surface area contributed by atoms with E-state index in [1.807, 2.05) is 12.1 Å². The Kier molecular flexibility index (Phi) is 3.28. The maximum Gasteiger partial charge on any atom is 0.269 e. The van der Waals surface area contributed by atoms with E-state index >= 15 is 0 Å². The van der Waals surface area contributed by atoms with E-state index in [0.29, 0.717) is 6.04 Å². The molecule has 0 saturated carbocycles. The van der Waals surface area contributed by atoms with E-state index in [1.165, 1.54) is 5.69 Å². The standard InChI is InChI=1S/C15H17N3O2/c1-12-15-3-2-8-16(15)9-10-17(12)11-13-4-6-14(7-5-13)18(19)20/h2-8,12H,9-11H2,1H3. The second kappa shape index (κ2) is 5.09. The minimum absolute atomic E-state index is 0.148. The van der Waals surface area contributed by atoms with Crippen LogP contribution in [0.25, 0.3) is 0 Å². The number of nitrogens with zero attached hydrogens (tertiary/aromatic N) is 3. The van der Waals surface area contributed by atoms with Gasteiger partial charge in [-0.15, -0.1) is 0 Å². The van der Waals surface area contributed by atoms with Crippen molar-refractivity contribution in [1.29, 1.82) is 0 Å². The lowest BCUT2D eigenvalue weighted by atomic mass is 10.1. The van der Waals surface area contributed by atoms with Gasteiger partial charge in [0, 0.05) is 49.7 Å². The Balaban J connectivity index is 1.74. The molecule has 1 atom stereocenters. The summed E-state index contributed by atoms with van der Waals surface area (Å²) in [6.07, 6.45) is 2.12. The first-order valence-electron chi connectivity index (χ1n) is 6.77. The number of rotatable bonds is 3. The highest BCUT2D eigenvalue weighted by Gasteiger charge is 2.23. The molecule has 5 nitrogen and oxygen atoms in total. The van der Waals surface area contributed by atoms with Crippen molar-refractivity contribution in [3.8, 4) is 0 Å². The summed E-state index contributed by atoms with van der Waals surface area (Å²) in [4.78, 5) is 12.7. The molecular weight excluding hydrogens is 254 g/mol. The molecule has 3 rings (SSSR count). The summed E-state index contributed by atoms with van der Waals surface area (Å²) in [5.74, 6) is 0. The number of nitro groups is 1. The van der Waals surface area contributed by atoms with Crippen molar-refractivity contribution in [3.63, 3.8) is 0 Å². The van der Waals surface area contributed by atoms with E-state index in [2.05, 4.69) is 34.7 Å². The highest BCUT2D eigenvalue weighted by molar-refractivity contribution is 5.33. The SMILES string of the molecule is CC1c2cccn2CCN1Cc1ccc([N+](=O)[O-])cc1. The molecule has 1 aliphatic rings. The topological polar surface area (TPSA) is 51.3 Å². The predicted octanol–water partition coefficient (Wildman–Crippen LogP) is 2.97. The Bertz CT molecular complexity index is 618. The molecule has 1 aromatic heterocycles. The molecule has 5 heteroatoms. The van der Waals surface area contributed by atoms with E-state index in [1.54, 1.807) is 12.1 Å². The minimum atomic E-state index is -0.361. The molecule has 2 heterocycles. The number of hydrogen-bond acceptors (Lipinski definition) is 3. The lowest BCUT2D eigenvalue weighted by Crippen LogP contribution is -2.35. The Labute approximate surface area is 117 Å². The van der Waals surface area contributed by atoms with Gasteiger partial charge >= 0.3 is 0 Å². The van der Waals surface area contributed by atoms with Crippen molar-refractivity contribution < 1.29 is 4.92 Å². The van der Waals surface area contributed by atoms with Crippen molar-refractivity contribution in [2.45, 2.75) is 26.1 Å². The highest BCUT2D eigenvalue weighted by Crippen LogP contribution is 2.27. The lowest BCUT2D eigenvalue weighted by molar-refractivity contribution is -0.384. The van der Waals surface area contributed by atoms with Crippen LogP contribution in [0, 0.1) is 10.1 Å². The van der Waals surface area contributed by atoms with Crippen LogP contribution >= 0.6 is 0 Å². The van der Waals surface area contributed by atoms with Crippen molar-refractivity contribution in [2.24, 2.45) is 0 Å². The van der Waals surface area contributed by atoms with Crippen LogP contribution in [0.3, 0.4) is 0 Å². The lowest BCUT2D eigenvalue weighted by Gasteiger charge is -2.34. The van der Waals surface area contributed by atoms with Gasteiger partial charge in [-0.2, -0.15) is 0 Å². The molecule has 0 N–H and O–H groups in total. The fourth-order valence-electron chi connectivity index (χ4n) is 2.80. The van der Waals surface area contributed by atoms with Gasteiger partial charge in [-0.25, -0.2) is 0 Å². The largest absolute Gasteiger partial charge is 0.349 e. The molecule has 1 unspecified atom stereocenters. The molecule has 20 heavy (non-hydrogen) atoms. The number of benzene rings is 1. The van der Waals surface area contributed by atoms with Crippen LogP contribution in [0.15, 0.2) is 42.6 Å². The molecule has 2 aromatic rings. The number of non-ortho nitro benzene ring substituents is 1. The van der Waals surface area contributed by atoms with Crippen LogP contribution in [0.5, 0.6) is 0 Å². The third-order valence-electron chi connectivity index (χ3n) is 4.00. The van der Waals surface area contributed by atoms with Crippen LogP contribution < -0.4 is 0 Å². The maximum absolute atomic E-state index is 10.7. The molecule has 1 aromatic carbocycles. The molecule has 0 radical (unpaired) electrons. The zero-order valence-corrected chi connectivity index (χ0v) is 11.4. The fraction of sp³-hybridized carbons (Fsp3) is 0.333. The molecule has 0 spiro atoms. The first kappa shape index (κ1) is 12.9. The van der Waals surface area contributed by atoms with Gasteiger partial charge in [0.1, 0.15) is 0 Å². The van der Waals surface area contributed by atoms with E-state index < -0.39 is 0 Å². The van der Waals surface area contributed by atoms with E-state index in [0.717, 1.165) is 25.2 Å². The smallest absolute Gasteiger partial charge is 0.269 e. The molecular formula is C15H17N3O2. The van der Waals surface area contributed by atoms with E-state index in [9.17, 15) is 10.1 Å². The molecule has 0 fully saturated rings. The van der Waals surface area contributed by atoms with Gasteiger partial charge in [-0.05, 0) is 24.6 Å². The van der Waals surface area contributed by atoms with Crippen molar-refractivity contribution in [2.75, 3.05) is 6.54 Å². The minimum Gasteiger partial charge on any atom is -0.349 e. The normalized spacial score (nSPS) is 18.8. The van der Waals surface area contributed by atoms with Crippen molar-refractivity contribution >= 4 is 5.69 Å². The average molecular weight is 271 g/mol. The fourth-order valence-corrected chi connectivity index (χ4v) is 2.80. The highest BCUT2D eigenvalue weighted by atomic mass is 16.6. The number of fused-ring (bicyclic) bond motifs is 1. The number of aromatic nitrogens is 1. The summed E-state index contributed by atoms with van der Waals surface area (Å²) in [5, 5.41) is 10.7. The van der Waals surface area contributed by atoms with Crippen LogP contribution in [0.1, 0.15) is 24.2 Å². The third-order valence-corrected chi connectivity index (χ3v) is 4.00. The van der Waals surface area contributed by atoms with E-state index in [-0.39, 0.29) is 10.6 Å². The van der Waals surface area contributed by atoms with Gasteiger partial charge in [0.15, 0.2) is 0 Å². The van der Waals surface area contributed by atoms with Crippen LogP contribution in [-0.4, -0.2) is 20.9 Å². The maximum atomic E-state index is 10.7. The summed E-state index contributed by atoms with van der Waals surface area (Å²) >= 11 is 0. The quantitative estimate of drug-likeness (QED) is 0.637. The summed E-state index contributed by atoms with van der Waals surface area (Å²) in [7, 11) is 0. The van der Waals surface area contributed by atoms with E-state index in [4.69, 9.17) is 0 Å². The summed E-state index contributed by atoms with van der Waals surface area (Å²) < 4.78 is 2.29. The number of hydrogen-bond donors (Lipinski definition) is 0. The summed E-state index contributed by atoms with van der Waals surface area (Å²) in [6.45, 7) is 5.03. The Morgan fingerprint density at radius 2 is 2.00 bits per heavy atom. The Hall–Kier alpha value is -2.14. The zero-order valence-electron chi connectivity index (χ0n) is 11.4. The van der Waals surface area contributed by atoms with Crippen molar-refractivity contribution in [3.05, 3.63) is 64.0 Å². The average Bonchev–Trinajstić information content (AvgIpc) is 2.92.